The second kappa shape index (κ2) is 8.15. The number of alkyl carbamates (subject to hydrolysis) is 1. The molecule has 24 heavy (non-hydrogen) atoms. The normalized spacial score (nSPS) is 16.4. The lowest BCUT2D eigenvalue weighted by Crippen LogP contribution is -2.56. The number of benzene rings is 1. The molecule has 132 valence electrons. The van der Waals surface area contributed by atoms with Gasteiger partial charge in [0.05, 0.1) is 13.2 Å². The van der Waals surface area contributed by atoms with Crippen molar-refractivity contribution in [3.8, 4) is 0 Å². The number of nitrogens with zero attached hydrogens (tertiary/aromatic N) is 1. The molecule has 6 heteroatoms. The Morgan fingerprint density at radius 2 is 1.83 bits per heavy atom. The highest BCUT2D eigenvalue weighted by Gasteiger charge is 2.36. The van der Waals surface area contributed by atoms with Gasteiger partial charge in [-0.15, -0.1) is 0 Å². The van der Waals surface area contributed by atoms with Crippen molar-refractivity contribution in [1.29, 1.82) is 0 Å². The van der Waals surface area contributed by atoms with E-state index in [0.717, 1.165) is 5.56 Å². The summed E-state index contributed by atoms with van der Waals surface area (Å²) in [6, 6.07) is 8.80. The summed E-state index contributed by atoms with van der Waals surface area (Å²) in [6.07, 6.45) is -0.583. The number of carbonyl (C=O) groups excluding carboxylic acids is 2. The number of ether oxygens (including phenoxy) is 2. The molecule has 2 amide bonds. The number of amides is 2. The van der Waals surface area contributed by atoms with Crippen LogP contribution in [0.1, 0.15) is 26.3 Å². The van der Waals surface area contributed by atoms with Crippen molar-refractivity contribution in [1.82, 2.24) is 10.2 Å². The molecule has 0 aliphatic carbocycles. The van der Waals surface area contributed by atoms with E-state index < -0.39 is 17.6 Å². The van der Waals surface area contributed by atoms with Gasteiger partial charge in [0.25, 0.3) is 0 Å². The number of nitrogens with one attached hydrogen (secondary N) is 1. The van der Waals surface area contributed by atoms with Crippen molar-refractivity contribution in [2.24, 2.45) is 5.41 Å². The highest BCUT2D eigenvalue weighted by Crippen LogP contribution is 2.22. The summed E-state index contributed by atoms with van der Waals surface area (Å²) in [7, 11) is 0. The molecule has 0 saturated carbocycles. The molecule has 1 N–H and O–H groups in total. The third-order valence-electron chi connectivity index (χ3n) is 3.91. The minimum Gasteiger partial charge on any atom is -0.445 e. The van der Waals surface area contributed by atoms with E-state index in [1.165, 1.54) is 0 Å². The lowest BCUT2D eigenvalue weighted by Gasteiger charge is -2.36. The topological polar surface area (TPSA) is 67.9 Å². The summed E-state index contributed by atoms with van der Waals surface area (Å²) >= 11 is 0. The largest absolute Gasteiger partial charge is 0.445 e. The SMILES string of the molecule is CC(C)(C)[C@H](NC(=O)OCc1ccccc1)C(=O)N1CCOCC1. The van der Waals surface area contributed by atoms with Gasteiger partial charge in [-0.3, -0.25) is 4.79 Å². The molecule has 1 aliphatic rings. The van der Waals surface area contributed by atoms with Gasteiger partial charge in [-0.1, -0.05) is 51.1 Å². The van der Waals surface area contributed by atoms with Gasteiger partial charge in [-0.25, -0.2) is 4.79 Å². The molecule has 6 nitrogen and oxygen atoms in total. The maximum atomic E-state index is 12.8. The number of hydrogen-bond acceptors (Lipinski definition) is 4. The molecule has 1 fully saturated rings. The average Bonchev–Trinajstić information content (AvgIpc) is 2.58. The number of morpholine rings is 1. The fourth-order valence-electron chi connectivity index (χ4n) is 2.50. The van der Waals surface area contributed by atoms with E-state index in [4.69, 9.17) is 9.47 Å². The first kappa shape index (κ1) is 18.3. The molecular weight excluding hydrogens is 308 g/mol. The third-order valence-corrected chi connectivity index (χ3v) is 3.91. The van der Waals surface area contributed by atoms with E-state index in [9.17, 15) is 9.59 Å². The Hall–Kier alpha value is -2.08. The molecule has 0 radical (unpaired) electrons. The predicted molar refractivity (Wildman–Crippen MR) is 90.4 cm³/mol. The van der Waals surface area contributed by atoms with E-state index >= 15 is 0 Å². The lowest BCUT2D eigenvalue weighted by atomic mass is 9.86. The first-order valence-corrected chi connectivity index (χ1v) is 8.21. The zero-order valence-corrected chi connectivity index (χ0v) is 14.6. The monoisotopic (exact) mass is 334 g/mol. The fourth-order valence-corrected chi connectivity index (χ4v) is 2.50. The maximum absolute atomic E-state index is 12.8. The molecule has 0 unspecified atom stereocenters. The molecule has 1 atom stereocenters. The van der Waals surface area contributed by atoms with Gasteiger partial charge in [0, 0.05) is 13.1 Å². The van der Waals surface area contributed by atoms with Crippen LogP contribution >= 0.6 is 0 Å². The molecule has 0 aromatic heterocycles. The summed E-state index contributed by atoms with van der Waals surface area (Å²) in [5, 5.41) is 2.73. The molecule has 1 aromatic carbocycles. The van der Waals surface area contributed by atoms with Crippen molar-refractivity contribution in [3.05, 3.63) is 35.9 Å². The van der Waals surface area contributed by atoms with Crippen LogP contribution in [0.3, 0.4) is 0 Å². The Labute approximate surface area is 143 Å². The highest BCUT2D eigenvalue weighted by atomic mass is 16.5. The molecule has 0 spiro atoms. The molecule has 1 aromatic rings. The van der Waals surface area contributed by atoms with Crippen molar-refractivity contribution >= 4 is 12.0 Å². The molecule has 1 aliphatic heterocycles. The minimum atomic E-state index is -0.640. The zero-order chi connectivity index (χ0) is 17.6. The van der Waals surface area contributed by atoms with E-state index in [1.807, 2.05) is 51.1 Å². The van der Waals surface area contributed by atoms with E-state index in [1.54, 1.807) is 4.90 Å². The second-order valence-electron chi connectivity index (χ2n) is 6.94. The molecule has 0 bridgehead atoms. The second-order valence-corrected chi connectivity index (χ2v) is 6.94. The summed E-state index contributed by atoms with van der Waals surface area (Å²) in [5.74, 6) is -0.0949. The third kappa shape index (κ3) is 5.23. The Morgan fingerprint density at radius 1 is 1.21 bits per heavy atom. The Balaban J connectivity index is 1.95. The quantitative estimate of drug-likeness (QED) is 0.916. The number of carbonyl (C=O) groups is 2. The van der Waals surface area contributed by atoms with Gasteiger partial charge in [0.2, 0.25) is 5.91 Å². The molecule has 2 rings (SSSR count). The van der Waals surface area contributed by atoms with Crippen LogP contribution in [0, 0.1) is 5.41 Å². The van der Waals surface area contributed by atoms with Crippen LogP contribution < -0.4 is 5.32 Å². The van der Waals surface area contributed by atoms with Crippen LogP contribution in [0.25, 0.3) is 0 Å². The van der Waals surface area contributed by atoms with Crippen LogP contribution in [-0.2, 0) is 20.9 Å². The predicted octanol–water partition coefficient (Wildman–Crippen LogP) is 2.19. The summed E-state index contributed by atoms with van der Waals surface area (Å²) in [4.78, 5) is 26.6. The Kier molecular flexibility index (Phi) is 6.20. The van der Waals surface area contributed by atoms with Crippen LogP contribution in [-0.4, -0.2) is 49.2 Å². The molecular formula is C18H26N2O4. The van der Waals surface area contributed by atoms with Crippen molar-refractivity contribution in [2.45, 2.75) is 33.4 Å². The standard InChI is InChI=1S/C18H26N2O4/c1-18(2,3)15(16(21)20-9-11-23-12-10-20)19-17(22)24-13-14-7-5-4-6-8-14/h4-8,15H,9-13H2,1-3H3,(H,19,22)/t15-/m1/s1. The van der Waals surface area contributed by atoms with Crippen LogP contribution in [0.15, 0.2) is 30.3 Å². The van der Waals surface area contributed by atoms with Crippen molar-refractivity contribution in [2.75, 3.05) is 26.3 Å². The van der Waals surface area contributed by atoms with Gasteiger partial charge in [-0.2, -0.15) is 0 Å². The zero-order valence-electron chi connectivity index (χ0n) is 14.6. The number of rotatable bonds is 4. The van der Waals surface area contributed by atoms with Crippen LogP contribution in [0.5, 0.6) is 0 Å². The summed E-state index contributed by atoms with van der Waals surface area (Å²) < 4.78 is 10.5. The fraction of sp³-hybridized carbons (Fsp3) is 0.556. The van der Waals surface area contributed by atoms with Gasteiger partial charge in [0.1, 0.15) is 12.6 Å². The van der Waals surface area contributed by atoms with Crippen molar-refractivity contribution in [3.63, 3.8) is 0 Å². The lowest BCUT2D eigenvalue weighted by molar-refractivity contribution is -0.140. The molecule has 1 saturated heterocycles. The average molecular weight is 334 g/mol. The van der Waals surface area contributed by atoms with Gasteiger partial charge in [-0.05, 0) is 11.0 Å². The van der Waals surface area contributed by atoms with E-state index in [-0.39, 0.29) is 12.5 Å². The highest BCUT2D eigenvalue weighted by molar-refractivity contribution is 5.86. The first-order valence-electron chi connectivity index (χ1n) is 8.21. The van der Waals surface area contributed by atoms with Gasteiger partial charge < -0.3 is 19.7 Å². The summed E-state index contributed by atoms with van der Waals surface area (Å²) in [5.41, 5.74) is 0.487. The van der Waals surface area contributed by atoms with Gasteiger partial charge in [0.15, 0.2) is 0 Å². The van der Waals surface area contributed by atoms with Crippen LogP contribution in [0.4, 0.5) is 4.79 Å². The Bertz CT molecular complexity index is 548. The van der Waals surface area contributed by atoms with Crippen molar-refractivity contribution < 1.29 is 19.1 Å². The smallest absolute Gasteiger partial charge is 0.408 e. The first-order chi connectivity index (χ1) is 11.4. The minimum absolute atomic E-state index is 0.0949. The summed E-state index contributed by atoms with van der Waals surface area (Å²) in [6.45, 7) is 8.10. The number of hydrogen-bond donors (Lipinski definition) is 1. The van der Waals surface area contributed by atoms with E-state index in [2.05, 4.69) is 5.32 Å². The van der Waals surface area contributed by atoms with Crippen LogP contribution in [0.2, 0.25) is 0 Å². The molecule has 1 heterocycles. The Morgan fingerprint density at radius 3 is 2.42 bits per heavy atom. The van der Waals surface area contributed by atoms with E-state index in [0.29, 0.717) is 26.3 Å². The maximum Gasteiger partial charge on any atom is 0.408 e. The van der Waals surface area contributed by atoms with Gasteiger partial charge >= 0.3 is 6.09 Å².